The third-order valence-corrected chi connectivity index (χ3v) is 3.82. The van der Waals surface area contributed by atoms with Crippen LogP contribution in [0.25, 0.3) is 0 Å². The van der Waals surface area contributed by atoms with E-state index in [-0.39, 0.29) is 17.5 Å². The van der Waals surface area contributed by atoms with Gasteiger partial charge in [0.15, 0.2) is 11.6 Å². The van der Waals surface area contributed by atoms with Crippen LogP contribution in [0.4, 0.5) is 0 Å². The first kappa shape index (κ1) is 10.2. The summed E-state index contributed by atoms with van der Waals surface area (Å²) in [5.41, 5.74) is 1.38. The molecule has 1 aromatic carbocycles. The minimum absolute atomic E-state index is 0.0142. The quantitative estimate of drug-likeness (QED) is 0.678. The number of fused-ring (bicyclic) bond motifs is 2. The smallest absolute Gasteiger partial charge is 0.178 e. The van der Waals surface area contributed by atoms with E-state index in [0.29, 0.717) is 0 Å². The Kier molecular flexibility index (Phi) is 1.96. The summed E-state index contributed by atoms with van der Waals surface area (Å²) in [5, 5.41) is 0. The van der Waals surface area contributed by atoms with Gasteiger partial charge in [-0.2, -0.15) is 0 Å². The van der Waals surface area contributed by atoms with Crippen molar-refractivity contribution in [1.82, 2.24) is 0 Å². The summed E-state index contributed by atoms with van der Waals surface area (Å²) in [5.74, 6) is 0.00408. The molecule has 0 radical (unpaired) electrons. The highest BCUT2D eigenvalue weighted by Crippen LogP contribution is 2.46. The van der Waals surface area contributed by atoms with Crippen LogP contribution in [-0.4, -0.2) is 11.6 Å². The number of allylic oxidation sites excluding steroid dienone is 4. The summed E-state index contributed by atoms with van der Waals surface area (Å²) < 4.78 is 0. The Balaban J connectivity index is 2.26. The SMILES string of the molecule is CC1C(=O)c2ccccc2C12C=CC(=O)C=C2. The Bertz CT molecular complexity index is 562. The minimum Gasteiger partial charge on any atom is -0.294 e. The molecular formula is C15H12O2. The van der Waals surface area contributed by atoms with Crippen LogP contribution in [0, 0.1) is 5.92 Å². The number of Topliss-reactive ketones (excluding diaryl/α,β-unsaturated/α-hetero) is 1. The fourth-order valence-corrected chi connectivity index (χ4v) is 2.78. The first-order chi connectivity index (χ1) is 8.15. The van der Waals surface area contributed by atoms with E-state index in [2.05, 4.69) is 0 Å². The van der Waals surface area contributed by atoms with Gasteiger partial charge in [0.25, 0.3) is 0 Å². The third kappa shape index (κ3) is 1.21. The molecule has 2 aliphatic rings. The van der Waals surface area contributed by atoms with Gasteiger partial charge in [0, 0.05) is 16.9 Å². The monoisotopic (exact) mass is 224 g/mol. The van der Waals surface area contributed by atoms with Crippen LogP contribution in [0.15, 0.2) is 48.6 Å². The zero-order valence-electron chi connectivity index (χ0n) is 9.51. The summed E-state index contributed by atoms with van der Waals surface area (Å²) in [6.07, 6.45) is 6.85. The van der Waals surface area contributed by atoms with E-state index < -0.39 is 5.41 Å². The molecule has 0 N–H and O–H groups in total. The Morgan fingerprint density at radius 2 is 1.71 bits per heavy atom. The highest BCUT2D eigenvalue weighted by Gasteiger charge is 2.46. The lowest BCUT2D eigenvalue weighted by atomic mass is 9.73. The van der Waals surface area contributed by atoms with Crippen molar-refractivity contribution in [2.75, 3.05) is 0 Å². The Labute approximate surface area is 99.6 Å². The number of rotatable bonds is 0. The van der Waals surface area contributed by atoms with Crippen molar-refractivity contribution >= 4 is 11.6 Å². The first-order valence-corrected chi connectivity index (χ1v) is 5.71. The Hall–Kier alpha value is -1.96. The van der Waals surface area contributed by atoms with Crippen LogP contribution in [0.3, 0.4) is 0 Å². The molecule has 84 valence electrons. The molecule has 0 heterocycles. The van der Waals surface area contributed by atoms with Crippen LogP contribution >= 0.6 is 0 Å². The van der Waals surface area contributed by atoms with E-state index >= 15 is 0 Å². The molecule has 0 bridgehead atoms. The van der Waals surface area contributed by atoms with E-state index in [1.807, 2.05) is 43.3 Å². The van der Waals surface area contributed by atoms with Gasteiger partial charge in [-0.15, -0.1) is 0 Å². The molecule has 0 amide bonds. The van der Waals surface area contributed by atoms with Gasteiger partial charge in [0.2, 0.25) is 0 Å². The Morgan fingerprint density at radius 3 is 2.41 bits per heavy atom. The second-order valence-corrected chi connectivity index (χ2v) is 4.63. The number of ketones is 2. The van der Waals surface area contributed by atoms with Gasteiger partial charge >= 0.3 is 0 Å². The van der Waals surface area contributed by atoms with Crippen molar-refractivity contribution in [2.24, 2.45) is 5.92 Å². The predicted molar refractivity (Wildman–Crippen MR) is 64.9 cm³/mol. The fourth-order valence-electron chi connectivity index (χ4n) is 2.78. The molecule has 0 aromatic heterocycles. The van der Waals surface area contributed by atoms with Gasteiger partial charge in [-0.1, -0.05) is 43.3 Å². The van der Waals surface area contributed by atoms with Crippen LogP contribution in [0.1, 0.15) is 22.8 Å². The zero-order chi connectivity index (χ0) is 12.0. The maximum Gasteiger partial charge on any atom is 0.178 e. The minimum atomic E-state index is -0.415. The lowest BCUT2D eigenvalue weighted by Crippen LogP contribution is -2.29. The van der Waals surface area contributed by atoms with E-state index in [0.717, 1.165) is 11.1 Å². The van der Waals surface area contributed by atoms with E-state index in [4.69, 9.17) is 0 Å². The third-order valence-electron chi connectivity index (χ3n) is 3.82. The summed E-state index contributed by atoms with van der Waals surface area (Å²) in [6, 6.07) is 7.65. The van der Waals surface area contributed by atoms with E-state index in [1.54, 1.807) is 12.2 Å². The van der Waals surface area contributed by atoms with Crippen LogP contribution < -0.4 is 0 Å². The summed E-state index contributed by atoms with van der Waals surface area (Å²) >= 11 is 0. The van der Waals surface area contributed by atoms with Gasteiger partial charge in [-0.05, 0) is 17.7 Å². The van der Waals surface area contributed by atoms with Gasteiger partial charge < -0.3 is 0 Å². The number of carbonyl (C=O) groups is 2. The first-order valence-electron chi connectivity index (χ1n) is 5.71. The van der Waals surface area contributed by atoms with Gasteiger partial charge in [0.05, 0.1) is 0 Å². The largest absolute Gasteiger partial charge is 0.294 e. The Morgan fingerprint density at radius 1 is 1.06 bits per heavy atom. The van der Waals surface area contributed by atoms with Crippen LogP contribution in [0.2, 0.25) is 0 Å². The normalized spacial score (nSPS) is 24.4. The number of carbonyl (C=O) groups excluding carboxylic acids is 2. The average Bonchev–Trinajstić information content (AvgIpc) is 2.57. The molecular weight excluding hydrogens is 212 g/mol. The van der Waals surface area contributed by atoms with Crippen molar-refractivity contribution < 1.29 is 9.59 Å². The van der Waals surface area contributed by atoms with Crippen LogP contribution in [0.5, 0.6) is 0 Å². The molecule has 0 saturated carbocycles. The summed E-state index contributed by atoms with van der Waals surface area (Å²) in [6.45, 7) is 1.92. The van der Waals surface area contributed by atoms with Crippen molar-refractivity contribution in [1.29, 1.82) is 0 Å². The molecule has 17 heavy (non-hydrogen) atoms. The van der Waals surface area contributed by atoms with Gasteiger partial charge in [-0.25, -0.2) is 0 Å². The molecule has 1 spiro atoms. The van der Waals surface area contributed by atoms with Crippen molar-refractivity contribution in [3.05, 3.63) is 59.7 Å². The van der Waals surface area contributed by atoms with E-state index in [1.165, 1.54) is 0 Å². The van der Waals surface area contributed by atoms with Crippen molar-refractivity contribution in [3.63, 3.8) is 0 Å². The highest BCUT2D eigenvalue weighted by atomic mass is 16.1. The molecule has 0 saturated heterocycles. The standard InChI is InChI=1S/C15H12O2/c1-10-14(17)12-4-2-3-5-13(12)15(10)8-6-11(16)7-9-15/h2-10H,1H3. The molecule has 1 unspecified atom stereocenters. The number of hydrogen-bond acceptors (Lipinski definition) is 2. The molecule has 2 aliphatic carbocycles. The predicted octanol–water partition coefficient (Wildman–Crippen LogP) is 2.45. The zero-order valence-corrected chi connectivity index (χ0v) is 9.51. The number of benzene rings is 1. The average molecular weight is 224 g/mol. The lowest BCUT2D eigenvalue weighted by molar-refractivity contribution is -0.110. The fraction of sp³-hybridized carbons (Fsp3) is 0.200. The van der Waals surface area contributed by atoms with Crippen molar-refractivity contribution in [3.8, 4) is 0 Å². The molecule has 2 heteroatoms. The summed E-state index contributed by atoms with van der Waals surface area (Å²) in [4.78, 5) is 23.4. The van der Waals surface area contributed by atoms with Crippen molar-refractivity contribution in [2.45, 2.75) is 12.3 Å². The molecule has 1 aromatic rings. The second kappa shape index (κ2) is 3.27. The molecule has 2 nitrogen and oxygen atoms in total. The van der Waals surface area contributed by atoms with Gasteiger partial charge in [-0.3, -0.25) is 9.59 Å². The molecule has 3 rings (SSSR count). The highest BCUT2D eigenvalue weighted by molar-refractivity contribution is 6.07. The topological polar surface area (TPSA) is 34.1 Å². The second-order valence-electron chi connectivity index (χ2n) is 4.63. The maximum atomic E-state index is 12.2. The van der Waals surface area contributed by atoms with E-state index in [9.17, 15) is 9.59 Å². The molecule has 0 fully saturated rings. The maximum absolute atomic E-state index is 12.2. The molecule has 0 aliphatic heterocycles. The lowest BCUT2D eigenvalue weighted by Gasteiger charge is -2.28. The molecule has 1 atom stereocenters. The number of hydrogen-bond donors (Lipinski definition) is 0. The summed E-state index contributed by atoms with van der Waals surface area (Å²) in [7, 11) is 0. The van der Waals surface area contributed by atoms with Gasteiger partial charge in [0.1, 0.15) is 0 Å². The van der Waals surface area contributed by atoms with Crippen LogP contribution in [-0.2, 0) is 10.2 Å².